The van der Waals surface area contributed by atoms with Gasteiger partial charge in [0.05, 0.1) is 5.92 Å². The van der Waals surface area contributed by atoms with E-state index in [0.717, 1.165) is 35.6 Å². The highest BCUT2D eigenvalue weighted by Gasteiger charge is 2.32. The maximum atomic E-state index is 5.51. The van der Waals surface area contributed by atoms with Crippen LogP contribution in [-0.4, -0.2) is 22.7 Å². The van der Waals surface area contributed by atoms with Crippen molar-refractivity contribution < 1.29 is 4.52 Å². The molecule has 0 saturated heterocycles. The third-order valence-electron chi connectivity index (χ3n) is 4.06. The molecular formula is C16H20BrN3O. The molecule has 1 aromatic carbocycles. The monoisotopic (exact) mass is 349 g/mol. The summed E-state index contributed by atoms with van der Waals surface area (Å²) in [7, 11) is 0. The number of hydrogen-bond donors (Lipinski definition) is 1. The summed E-state index contributed by atoms with van der Waals surface area (Å²) in [4.78, 5) is 4.61. The Kier molecular flexibility index (Phi) is 4.70. The summed E-state index contributed by atoms with van der Waals surface area (Å²) in [5.41, 5.74) is 1.19. The molecule has 2 unspecified atom stereocenters. The minimum atomic E-state index is 0.371. The molecule has 3 rings (SSSR count). The summed E-state index contributed by atoms with van der Waals surface area (Å²) in [5.74, 6) is 1.94. The van der Waals surface area contributed by atoms with Crippen molar-refractivity contribution in [3.8, 4) is 0 Å². The lowest BCUT2D eigenvalue weighted by molar-refractivity contribution is 0.329. The first-order valence-electron chi connectivity index (χ1n) is 7.56. The Labute approximate surface area is 133 Å². The number of hydrogen-bond acceptors (Lipinski definition) is 4. The Hall–Kier alpha value is -1.20. The van der Waals surface area contributed by atoms with Gasteiger partial charge in [0.2, 0.25) is 5.89 Å². The molecular weight excluding hydrogens is 330 g/mol. The molecule has 1 heterocycles. The van der Waals surface area contributed by atoms with E-state index in [2.05, 4.69) is 50.4 Å². The second kappa shape index (κ2) is 6.71. The second-order valence-corrected chi connectivity index (χ2v) is 6.47. The average Bonchev–Trinajstić information content (AvgIpc) is 3.11. The Morgan fingerprint density at radius 1 is 1.29 bits per heavy atom. The van der Waals surface area contributed by atoms with E-state index < -0.39 is 0 Å². The SMILES string of the molecule is CCNC1CCCC1c1nc(Cc2ccc(Br)cc2)no1. The maximum Gasteiger partial charge on any atom is 0.231 e. The zero-order valence-corrected chi connectivity index (χ0v) is 13.8. The van der Waals surface area contributed by atoms with Gasteiger partial charge in [0.25, 0.3) is 0 Å². The standard InChI is InChI=1S/C16H20BrN3O/c1-2-18-14-5-3-4-13(14)16-19-15(20-21-16)10-11-6-8-12(17)9-7-11/h6-9,13-14,18H,2-5,10H2,1H3. The molecule has 21 heavy (non-hydrogen) atoms. The normalized spacial score (nSPS) is 21.8. The fourth-order valence-electron chi connectivity index (χ4n) is 3.04. The highest BCUT2D eigenvalue weighted by molar-refractivity contribution is 9.10. The van der Waals surface area contributed by atoms with Crippen LogP contribution in [0.1, 0.15) is 49.4 Å². The highest BCUT2D eigenvalue weighted by atomic mass is 79.9. The van der Waals surface area contributed by atoms with Crippen LogP contribution < -0.4 is 5.32 Å². The van der Waals surface area contributed by atoms with E-state index in [1.54, 1.807) is 0 Å². The van der Waals surface area contributed by atoms with E-state index in [1.165, 1.54) is 18.4 Å². The lowest BCUT2D eigenvalue weighted by Gasteiger charge is -2.16. The van der Waals surface area contributed by atoms with Crippen LogP contribution >= 0.6 is 15.9 Å². The number of aromatic nitrogens is 2. The van der Waals surface area contributed by atoms with E-state index in [4.69, 9.17) is 4.52 Å². The second-order valence-electron chi connectivity index (χ2n) is 5.55. The molecule has 2 aromatic rings. The van der Waals surface area contributed by atoms with Crippen molar-refractivity contribution in [1.29, 1.82) is 0 Å². The summed E-state index contributed by atoms with van der Waals surface area (Å²) < 4.78 is 6.59. The summed E-state index contributed by atoms with van der Waals surface area (Å²) in [6.07, 6.45) is 4.28. The zero-order valence-electron chi connectivity index (χ0n) is 12.2. The van der Waals surface area contributed by atoms with E-state index >= 15 is 0 Å². The van der Waals surface area contributed by atoms with Gasteiger partial charge in [-0.05, 0) is 37.1 Å². The molecule has 1 fully saturated rings. The predicted molar refractivity (Wildman–Crippen MR) is 85.3 cm³/mol. The molecule has 2 atom stereocenters. The van der Waals surface area contributed by atoms with Crippen LogP contribution in [-0.2, 0) is 6.42 Å². The number of nitrogens with one attached hydrogen (secondary N) is 1. The Morgan fingerprint density at radius 2 is 2.10 bits per heavy atom. The summed E-state index contributed by atoms with van der Waals surface area (Å²) >= 11 is 3.44. The van der Waals surface area contributed by atoms with Crippen LogP contribution in [0.3, 0.4) is 0 Å². The van der Waals surface area contributed by atoms with Crippen LogP contribution in [0.25, 0.3) is 0 Å². The Bertz CT molecular complexity index is 581. The fourth-order valence-corrected chi connectivity index (χ4v) is 3.30. The van der Waals surface area contributed by atoms with E-state index in [1.807, 2.05) is 12.1 Å². The quantitative estimate of drug-likeness (QED) is 0.894. The molecule has 1 aromatic heterocycles. The predicted octanol–water partition coefficient (Wildman–Crippen LogP) is 3.67. The first-order valence-corrected chi connectivity index (χ1v) is 8.36. The van der Waals surface area contributed by atoms with Crippen molar-refractivity contribution in [2.24, 2.45) is 0 Å². The number of nitrogens with zero attached hydrogens (tertiary/aromatic N) is 2. The van der Waals surface area contributed by atoms with Crippen molar-refractivity contribution in [2.75, 3.05) is 6.54 Å². The number of likely N-dealkylation sites (N-methyl/N-ethyl adjacent to an activating group) is 1. The van der Waals surface area contributed by atoms with Crippen molar-refractivity contribution in [1.82, 2.24) is 15.5 Å². The van der Waals surface area contributed by atoms with Crippen molar-refractivity contribution in [2.45, 2.75) is 44.6 Å². The lowest BCUT2D eigenvalue weighted by atomic mass is 10.0. The van der Waals surface area contributed by atoms with Gasteiger partial charge in [0.1, 0.15) is 0 Å². The van der Waals surface area contributed by atoms with Gasteiger partial charge in [0, 0.05) is 16.9 Å². The molecule has 0 amide bonds. The minimum Gasteiger partial charge on any atom is -0.339 e. The van der Waals surface area contributed by atoms with Crippen LogP contribution in [0, 0.1) is 0 Å². The third kappa shape index (κ3) is 3.52. The van der Waals surface area contributed by atoms with Gasteiger partial charge in [0.15, 0.2) is 5.82 Å². The largest absolute Gasteiger partial charge is 0.339 e. The molecule has 4 nitrogen and oxygen atoms in total. The molecule has 0 aliphatic heterocycles. The maximum absolute atomic E-state index is 5.51. The Morgan fingerprint density at radius 3 is 2.86 bits per heavy atom. The van der Waals surface area contributed by atoms with Gasteiger partial charge in [-0.1, -0.05) is 46.6 Å². The molecule has 1 aliphatic rings. The van der Waals surface area contributed by atoms with Crippen LogP contribution in [0.15, 0.2) is 33.3 Å². The summed E-state index contributed by atoms with van der Waals surface area (Å²) in [5, 5.41) is 7.67. The van der Waals surface area contributed by atoms with Gasteiger partial charge in [-0.15, -0.1) is 0 Å². The first kappa shape index (κ1) is 14.7. The number of halogens is 1. The van der Waals surface area contributed by atoms with E-state index in [-0.39, 0.29) is 0 Å². The van der Waals surface area contributed by atoms with Gasteiger partial charge in [-0.2, -0.15) is 4.98 Å². The number of rotatable bonds is 5. The zero-order chi connectivity index (χ0) is 14.7. The summed E-state index contributed by atoms with van der Waals surface area (Å²) in [6.45, 7) is 3.13. The molecule has 1 N–H and O–H groups in total. The van der Waals surface area contributed by atoms with Gasteiger partial charge in [-0.25, -0.2) is 0 Å². The minimum absolute atomic E-state index is 0.371. The van der Waals surface area contributed by atoms with Gasteiger partial charge >= 0.3 is 0 Å². The Balaban J connectivity index is 1.69. The van der Waals surface area contributed by atoms with E-state index in [9.17, 15) is 0 Å². The highest BCUT2D eigenvalue weighted by Crippen LogP contribution is 2.33. The first-order chi connectivity index (χ1) is 10.3. The van der Waals surface area contributed by atoms with Crippen molar-refractivity contribution in [3.63, 3.8) is 0 Å². The fraction of sp³-hybridized carbons (Fsp3) is 0.500. The topological polar surface area (TPSA) is 51.0 Å². The summed E-state index contributed by atoms with van der Waals surface area (Å²) in [6, 6.07) is 8.72. The number of benzene rings is 1. The molecule has 0 radical (unpaired) electrons. The lowest BCUT2D eigenvalue weighted by Crippen LogP contribution is -2.31. The van der Waals surface area contributed by atoms with Crippen LogP contribution in [0.5, 0.6) is 0 Å². The third-order valence-corrected chi connectivity index (χ3v) is 4.59. The van der Waals surface area contributed by atoms with Crippen LogP contribution in [0.2, 0.25) is 0 Å². The molecule has 112 valence electrons. The molecule has 5 heteroatoms. The smallest absolute Gasteiger partial charge is 0.231 e. The average molecular weight is 350 g/mol. The van der Waals surface area contributed by atoms with Crippen molar-refractivity contribution in [3.05, 3.63) is 46.0 Å². The molecule has 1 saturated carbocycles. The van der Waals surface area contributed by atoms with Crippen molar-refractivity contribution >= 4 is 15.9 Å². The van der Waals surface area contributed by atoms with Gasteiger partial charge in [-0.3, -0.25) is 0 Å². The van der Waals surface area contributed by atoms with Crippen LogP contribution in [0.4, 0.5) is 0 Å². The molecule has 1 aliphatic carbocycles. The molecule has 0 bridgehead atoms. The molecule has 0 spiro atoms. The van der Waals surface area contributed by atoms with Gasteiger partial charge < -0.3 is 9.84 Å². The van der Waals surface area contributed by atoms with E-state index in [0.29, 0.717) is 12.0 Å².